The van der Waals surface area contributed by atoms with Crippen LogP contribution in [0.5, 0.6) is 0 Å². The quantitative estimate of drug-likeness (QED) is 0.0272. The lowest BCUT2D eigenvalue weighted by atomic mass is 10.0. The number of phosphoric acid groups is 1. The fraction of sp³-hybridized carbons (Fsp3) is 0.823. The third-order valence-electron chi connectivity index (χ3n) is 13.5. The molecule has 0 saturated carbocycles. The number of aliphatic hydroxyl groups is 1. The zero-order valence-corrected chi connectivity index (χ0v) is 48.3. The van der Waals surface area contributed by atoms with Gasteiger partial charge in [-0.05, 0) is 57.8 Å². The molecule has 0 aromatic rings. The van der Waals surface area contributed by atoms with Crippen LogP contribution in [-0.2, 0) is 18.4 Å². The maximum atomic E-state index is 12.9. The van der Waals surface area contributed by atoms with Crippen molar-refractivity contribution in [3.05, 3.63) is 60.8 Å². The predicted molar refractivity (Wildman–Crippen MR) is 307 cm³/mol. The Labute approximate surface area is 441 Å². The second-order valence-corrected chi connectivity index (χ2v) is 23.1. The van der Waals surface area contributed by atoms with Crippen LogP contribution in [-0.4, -0.2) is 68.5 Å². The average Bonchev–Trinajstić information content (AvgIpc) is 3.33. The topological polar surface area (TPSA) is 108 Å². The Hall–Kier alpha value is -1.80. The van der Waals surface area contributed by atoms with Gasteiger partial charge in [0.15, 0.2) is 0 Å². The maximum Gasteiger partial charge on any atom is 0.268 e. The standard InChI is InChI=1S/C62H117N2O6P/c1-6-8-10-12-14-16-18-20-21-22-23-24-25-26-27-28-29-30-31-32-33-34-35-36-37-38-39-40-41-42-43-44-46-48-50-52-54-56-62(66)63-60(59-70-71(67,68)69-58-57-64(3,4)5)61(65)55-53-51-49-47-45-19-17-15-13-11-9-7-2/h8,10,14,16,20-21,23-24,53,55,60-61,65H,6-7,9,11-13,15,17-19,22,25-52,54,56-59H2,1-5H3,(H-,63,66,67,68)/b10-8-,16-14-,21-20-,24-23-,55-53+. The van der Waals surface area contributed by atoms with E-state index in [-0.39, 0.29) is 19.1 Å². The van der Waals surface area contributed by atoms with E-state index in [2.05, 4.69) is 67.8 Å². The summed E-state index contributed by atoms with van der Waals surface area (Å²) in [6.45, 7) is 4.54. The molecule has 3 unspecified atom stereocenters. The molecule has 2 N–H and O–H groups in total. The minimum absolute atomic E-state index is 0.000185. The fourth-order valence-corrected chi connectivity index (χ4v) is 9.52. The van der Waals surface area contributed by atoms with Gasteiger partial charge in [0.05, 0.1) is 39.9 Å². The van der Waals surface area contributed by atoms with Gasteiger partial charge in [0.2, 0.25) is 5.91 Å². The molecule has 0 heterocycles. The SMILES string of the molecule is CC/C=C\C/C=C\C/C=C\C/C=C\CCCCCCCCCCCCCCCCCCCCCCCCCCC(=O)NC(COP(=O)([O-])OCC[N+](C)(C)C)C(O)/C=C/CCCCCCCCCCCC. The van der Waals surface area contributed by atoms with Gasteiger partial charge in [-0.25, -0.2) is 0 Å². The van der Waals surface area contributed by atoms with Gasteiger partial charge in [0.25, 0.3) is 7.82 Å². The number of hydrogen-bond donors (Lipinski definition) is 2. The summed E-state index contributed by atoms with van der Waals surface area (Å²) >= 11 is 0. The minimum Gasteiger partial charge on any atom is -0.756 e. The summed E-state index contributed by atoms with van der Waals surface area (Å²) < 4.78 is 23.3. The number of rotatable bonds is 55. The lowest BCUT2D eigenvalue weighted by Crippen LogP contribution is -2.45. The molecule has 3 atom stereocenters. The van der Waals surface area contributed by atoms with Crippen molar-refractivity contribution in [3.8, 4) is 0 Å². The molecule has 0 fully saturated rings. The number of nitrogens with one attached hydrogen (secondary N) is 1. The van der Waals surface area contributed by atoms with Crippen molar-refractivity contribution >= 4 is 13.7 Å². The highest BCUT2D eigenvalue weighted by molar-refractivity contribution is 7.45. The summed E-state index contributed by atoms with van der Waals surface area (Å²) in [5.74, 6) is -0.195. The molecule has 0 saturated heterocycles. The smallest absolute Gasteiger partial charge is 0.268 e. The van der Waals surface area contributed by atoms with E-state index in [0.717, 1.165) is 64.2 Å². The zero-order valence-electron chi connectivity index (χ0n) is 47.4. The predicted octanol–water partition coefficient (Wildman–Crippen LogP) is 17.9. The number of carbonyl (C=O) groups excluding carboxylic acids is 1. The van der Waals surface area contributed by atoms with E-state index in [1.54, 1.807) is 6.08 Å². The van der Waals surface area contributed by atoms with E-state index in [0.29, 0.717) is 17.4 Å². The van der Waals surface area contributed by atoms with E-state index in [1.165, 1.54) is 193 Å². The van der Waals surface area contributed by atoms with E-state index in [9.17, 15) is 19.4 Å². The molecule has 416 valence electrons. The number of hydrogen-bond acceptors (Lipinski definition) is 6. The van der Waals surface area contributed by atoms with Crippen molar-refractivity contribution in [2.45, 2.75) is 289 Å². The van der Waals surface area contributed by atoms with Crippen LogP contribution in [0.2, 0.25) is 0 Å². The van der Waals surface area contributed by atoms with E-state index < -0.39 is 20.0 Å². The van der Waals surface area contributed by atoms with Gasteiger partial charge in [0, 0.05) is 6.42 Å². The summed E-state index contributed by atoms with van der Waals surface area (Å²) in [7, 11) is 1.27. The third-order valence-corrected chi connectivity index (χ3v) is 14.4. The van der Waals surface area contributed by atoms with Crippen LogP contribution in [0.25, 0.3) is 0 Å². The average molecular weight is 1020 g/mol. The summed E-state index contributed by atoms with van der Waals surface area (Å²) in [5, 5.41) is 13.8. The van der Waals surface area contributed by atoms with Crippen molar-refractivity contribution in [1.29, 1.82) is 0 Å². The van der Waals surface area contributed by atoms with Crippen LogP contribution in [0.3, 0.4) is 0 Å². The number of quaternary nitrogens is 1. The largest absolute Gasteiger partial charge is 0.756 e. The number of aliphatic hydroxyl groups excluding tert-OH is 1. The van der Waals surface area contributed by atoms with Crippen LogP contribution in [0, 0.1) is 0 Å². The summed E-state index contributed by atoms with van der Waals surface area (Å²) in [5.41, 5.74) is 0. The van der Waals surface area contributed by atoms with Crippen LogP contribution < -0.4 is 10.2 Å². The maximum absolute atomic E-state index is 12.9. The molecule has 0 aromatic heterocycles. The number of unbranched alkanes of at least 4 members (excludes halogenated alkanes) is 34. The molecule has 0 aliphatic rings. The van der Waals surface area contributed by atoms with Crippen LogP contribution >= 0.6 is 7.82 Å². The van der Waals surface area contributed by atoms with Gasteiger partial charge in [-0.3, -0.25) is 9.36 Å². The highest BCUT2D eigenvalue weighted by Crippen LogP contribution is 2.38. The minimum atomic E-state index is -4.59. The van der Waals surface area contributed by atoms with Gasteiger partial charge >= 0.3 is 0 Å². The van der Waals surface area contributed by atoms with E-state index in [1.807, 2.05) is 27.2 Å². The molecular weight excluding hydrogens is 900 g/mol. The lowest BCUT2D eigenvalue weighted by molar-refractivity contribution is -0.870. The van der Waals surface area contributed by atoms with Crippen molar-refractivity contribution in [2.75, 3.05) is 40.9 Å². The molecule has 0 bridgehead atoms. The number of phosphoric ester groups is 1. The van der Waals surface area contributed by atoms with E-state index >= 15 is 0 Å². The Bertz CT molecular complexity index is 1340. The first-order chi connectivity index (χ1) is 34.5. The van der Waals surface area contributed by atoms with Crippen molar-refractivity contribution in [3.63, 3.8) is 0 Å². The zero-order chi connectivity index (χ0) is 52.0. The number of nitrogens with zero attached hydrogens (tertiary/aromatic N) is 1. The molecule has 71 heavy (non-hydrogen) atoms. The molecule has 0 aliphatic heterocycles. The van der Waals surface area contributed by atoms with Crippen molar-refractivity contribution in [2.24, 2.45) is 0 Å². The molecule has 0 radical (unpaired) electrons. The summed E-state index contributed by atoms with van der Waals surface area (Å²) in [6, 6.07) is -0.884. The van der Waals surface area contributed by atoms with E-state index in [4.69, 9.17) is 9.05 Å². The third kappa shape index (κ3) is 55.8. The van der Waals surface area contributed by atoms with Gasteiger partial charge in [-0.2, -0.15) is 0 Å². The Morgan fingerprint density at radius 2 is 0.859 bits per heavy atom. The number of likely N-dealkylation sites (N-methyl/N-ethyl adjacent to an activating group) is 1. The Kier molecular flexibility index (Phi) is 51.7. The monoisotopic (exact) mass is 1020 g/mol. The van der Waals surface area contributed by atoms with Crippen LogP contribution in [0.4, 0.5) is 0 Å². The highest BCUT2D eigenvalue weighted by atomic mass is 31.2. The molecular formula is C62H117N2O6P. The van der Waals surface area contributed by atoms with Gasteiger partial charge in [0.1, 0.15) is 13.2 Å². The fourth-order valence-electron chi connectivity index (χ4n) is 8.79. The molecule has 0 aromatic carbocycles. The van der Waals surface area contributed by atoms with Gasteiger partial charge in [-0.15, -0.1) is 0 Å². The van der Waals surface area contributed by atoms with Gasteiger partial charge < -0.3 is 28.8 Å². The number of allylic oxidation sites excluding steroid dienone is 9. The molecule has 0 spiro atoms. The molecule has 0 rings (SSSR count). The summed E-state index contributed by atoms with van der Waals surface area (Å²) in [4.78, 5) is 25.4. The molecule has 0 aliphatic carbocycles. The second kappa shape index (κ2) is 53.0. The molecule has 1 amide bonds. The normalized spacial score (nSPS) is 14.3. The van der Waals surface area contributed by atoms with Crippen molar-refractivity contribution < 1.29 is 32.9 Å². The first-order valence-corrected chi connectivity index (χ1v) is 31.6. The molecule has 9 heteroatoms. The van der Waals surface area contributed by atoms with Crippen LogP contribution in [0.1, 0.15) is 277 Å². The van der Waals surface area contributed by atoms with Gasteiger partial charge in [-0.1, -0.05) is 274 Å². The number of amides is 1. The van der Waals surface area contributed by atoms with Crippen molar-refractivity contribution in [1.82, 2.24) is 5.32 Å². The number of carbonyl (C=O) groups is 1. The Morgan fingerprint density at radius 1 is 0.507 bits per heavy atom. The summed E-state index contributed by atoms with van der Waals surface area (Å²) in [6.07, 6.45) is 71.8. The Balaban J connectivity index is 3.90. The van der Waals surface area contributed by atoms with Crippen LogP contribution in [0.15, 0.2) is 60.8 Å². The second-order valence-electron chi connectivity index (χ2n) is 21.7. The first-order valence-electron chi connectivity index (χ1n) is 30.2. The Morgan fingerprint density at radius 3 is 1.25 bits per heavy atom. The highest BCUT2D eigenvalue weighted by Gasteiger charge is 2.23. The first kappa shape index (κ1) is 69.2. The molecule has 8 nitrogen and oxygen atoms in total. The lowest BCUT2D eigenvalue weighted by Gasteiger charge is -2.29.